The van der Waals surface area contributed by atoms with Crippen LogP contribution in [0.4, 0.5) is 16.6 Å². The Balaban J connectivity index is 1.65. The van der Waals surface area contributed by atoms with Gasteiger partial charge in [0.05, 0.1) is 5.75 Å². The summed E-state index contributed by atoms with van der Waals surface area (Å²) < 4.78 is 25.8. The molecule has 1 aromatic heterocycles. The van der Waals surface area contributed by atoms with E-state index in [1.807, 2.05) is 19.0 Å². The first-order chi connectivity index (χ1) is 11.9. The molecule has 0 spiro atoms. The zero-order valence-electron chi connectivity index (χ0n) is 14.6. The normalized spacial score (nSPS) is 23.4. The standard InChI is InChI=1S/C15H24N6O3S/c1-19(2)13-6-7-16-14(17-13)18-15(22)20-8-3-5-12(11-20)21-9-4-10-25(21,23)24/h6-7,12H,3-5,8-11H2,1-2H3,(H,16,17,18,22). The molecule has 3 rings (SSSR count). The molecular weight excluding hydrogens is 344 g/mol. The second-order valence-electron chi connectivity index (χ2n) is 6.59. The highest BCUT2D eigenvalue weighted by Gasteiger charge is 2.37. The number of nitrogens with one attached hydrogen (secondary N) is 1. The van der Waals surface area contributed by atoms with Gasteiger partial charge in [-0.25, -0.2) is 18.2 Å². The number of hydrogen-bond donors (Lipinski definition) is 1. The average Bonchev–Trinajstić information content (AvgIpc) is 2.94. The largest absolute Gasteiger partial charge is 0.363 e. The summed E-state index contributed by atoms with van der Waals surface area (Å²) in [6, 6.07) is 1.32. The van der Waals surface area contributed by atoms with Gasteiger partial charge in [0.25, 0.3) is 0 Å². The molecule has 10 heteroatoms. The Morgan fingerprint density at radius 3 is 2.80 bits per heavy atom. The monoisotopic (exact) mass is 368 g/mol. The molecule has 1 atom stereocenters. The van der Waals surface area contributed by atoms with Crippen molar-refractivity contribution in [3.05, 3.63) is 12.3 Å². The van der Waals surface area contributed by atoms with Gasteiger partial charge in [0.2, 0.25) is 16.0 Å². The number of urea groups is 1. The first-order valence-corrected chi connectivity index (χ1v) is 10.0. The maximum Gasteiger partial charge on any atom is 0.324 e. The van der Waals surface area contributed by atoms with Crippen LogP contribution in [0.5, 0.6) is 0 Å². The van der Waals surface area contributed by atoms with Gasteiger partial charge in [-0.3, -0.25) is 5.32 Å². The van der Waals surface area contributed by atoms with Crippen LogP contribution in [-0.2, 0) is 10.0 Å². The van der Waals surface area contributed by atoms with Crippen LogP contribution in [0.3, 0.4) is 0 Å². The third kappa shape index (κ3) is 4.01. The third-order valence-electron chi connectivity index (χ3n) is 4.55. The molecule has 9 nitrogen and oxygen atoms in total. The fraction of sp³-hybridized carbons (Fsp3) is 0.667. The maximum absolute atomic E-state index is 12.5. The molecule has 0 aromatic carbocycles. The first kappa shape index (κ1) is 17.9. The summed E-state index contributed by atoms with van der Waals surface area (Å²) >= 11 is 0. The van der Waals surface area contributed by atoms with Crippen LogP contribution in [0.2, 0.25) is 0 Å². The second kappa shape index (κ2) is 7.12. The van der Waals surface area contributed by atoms with Crippen molar-refractivity contribution in [2.24, 2.45) is 0 Å². The number of nitrogens with zero attached hydrogens (tertiary/aromatic N) is 5. The topological polar surface area (TPSA) is 98.7 Å². The van der Waals surface area contributed by atoms with Gasteiger partial charge in [-0.1, -0.05) is 0 Å². The molecule has 138 valence electrons. The fourth-order valence-electron chi connectivity index (χ4n) is 3.28. The number of amides is 2. The van der Waals surface area contributed by atoms with Crippen molar-refractivity contribution in [3.8, 4) is 0 Å². The summed E-state index contributed by atoms with van der Waals surface area (Å²) in [6.07, 6.45) is 3.82. The van der Waals surface area contributed by atoms with E-state index in [0.717, 1.165) is 12.8 Å². The van der Waals surface area contributed by atoms with E-state index < -0.39 is 10.0 Å². The van der Waals surface area contributed by atoms with Crippen LogP contribution in [0.1, 0.15) is 19.3 Å². The molecule has 2 fully saturated rings. The Labute approximate surface area is 148 Å². The zero-order chi connectivity index (χ0) is 18.0. The van der Waals surface area contributed by atoms with E-state index in [0.29, 0.717) is 31.9 Å². The highest BCUT2D eigenvalue weighted by molar-refractivity contribution is 7.89. The van der Waals surface area contributed by atoms with Crippen molar-refractivity contribution >= 4 is 27.8 Å². The predicted octanol–water partition coefficient (Wildman–Crippen LogP) is 0.574. The molecule has 0 radical (unpaired) electrons. The molecule has 2 aliphatic rings. The number of carbonyl (C=O) groups is 1. The van der Waals surface area contributed by atoms with Gasteiger partial charge in [0.1, 0.15) is 5.82 Å². The van der Waals surface area contributed by atoms with Crippen molar-refractivity contribution in [2.75, 3.05) is 49.7 Å². The van der Waals surface area contributed by atoms with E-state index in [1.165, 1.54) is 0 Å². The molecule has 2 aliphatic heterocycles. The number of likely N-dealkylation sites (tertiary alicyclic amines) is 1. The van der Waals surface area contributed by atoms with Gasteiger partial charge >= 0.3 is 6.03 Å². The Morgan fingerprint density at radius 2 is 2.12 bits per heavy atom. The number of hydrogen-bond acceptors (Lipinski definition) is 6. The molecule has 1 N–H and O–H groups in total. The maximum atomic E-state index is 12.5. The van der Waals surface area contributed by atoms with Crippen LogP contribution < -0.4 is 10.2 Å². The van der Waals surface area contributed by atoms with Crippen LogP contribution in [-0.4, -0.2) is 79.1 Å². The Bertz CT molecular complexity index is 739. The van der Waals surface area contributed by atoms with Crippen molar-refractivity contribution in [2.45, 2.75) is 25.3 Å². The van der Waals surface area contributed by atoms with Gasteiger partial charge in [-0.15, -0.1) is 0 Å². The molecular formula is C15H24N6O3S. The van der Waals surface area contributed by atoms with E-state index in [1.54, 1.807) is 21.5 Å². The van der Waals surface area contributed by atoms with Crippen molar-refractivity contribution in [1.29, 1.82) is 0 Å². The van der Waals surface area contributed by atoms with Crippen LogP contribution >= 0.6 is 0 Å². The summed E-state index contributed by atoms with van der Waals surface area (Å²) in [5.41, 5.74) is 0. The third-order valence-corrected chi connectivity index (χ3v) is 6.55. The van der Waals surface area contributed by atoms with E-state index >= 15 is 0 Å². The lowest BCUT2D eigenvalue weighted by molar-refractivity contribution is 0.163. The number of anilines is 2. The fourth-order valence-corrected chi connectivity index (χ4v) is 5.04. The van der Waals surface area contributed by atoms with Crippen molar-refractivity contribution in [3.63, 3.8) is 0 Å². The number of aromatic nitrogens is 2. The second-order valence-corrected chi connectivity index (χ2v) is 8.63. The summed E-state index contributed by atoms with van der Waals surface area (Å²) in [5.74, 6) is 1.15. The summed E-state index contributed by atoms with van der Waals surface area (Å²) in [6.45, 7) is 1.55. The summed E-state index contributed by atoms with van der Waals surface area (Å²) in [5, 5.41) is 2.71. The number of sulfonamides is 1. The summed E-state index contributed by atoms with van der Waals surface area (Å²) in [7, 11) is 0.556. The number of rotatable bonds is 3. The van der Waals surface area contributed by atoms with Gasteiger partial charge in [0.15, 0.2) is 0 Å². The Hall–Kier alpha value is -1.94. The minimum Gasteiger partial charge on any atom is -0.363 e. The SMILES string of the molecule is CN(C)c1ccnc(NC(=O)N2CCCC(N3CCCS3(=O)=O)C2)n1. The van der Waals surface area contributed by atoms with Crippen LogP contribution in [0.15, 0.2) is 12.3 Å². The molecule has 0 saturated carbocycles. The molecule has 1 aromatic rings. The van der Waals surface area contributed by atoms with Gasteiger partial charge < -0.3 is 9.80 Å². The average molecular weight is 368 g/mol. The molecule has 25 heavy (non-hydrogen) atoms. The minimum atomic E-state index is -3.17. The van der Waals surface area contributed by atoms with E-state index in [2.05, 4.69) is 15.3 Å². The molecule has 2 amide bonds. The highest BCUT2D eigenvalue weighted by Crippen LogP contribution is 2.24. The first-order valence-electron chi connectivity index (χ1n) is 8.42. The lowest BCUT2D eigenvalue weighted by atomic mass is 10.1. The van der Waals surface area contributed by atoms with Crippen LogP contribution in [0.25, 0.3) is 0 Å². The smallest absolute Gasteiger partial charge is 0.324 e. The molecule has 0 bridgehead atoms. The Kier molecular flexibility index (Phi) is 5.09. The van der Waals surface area contributed by atoms with Gasteiger partial charge in [-0.2, -0.15) is 9.29 Å². The van der Waals surface area contributed by atoms with E-state index in [-0.39, 0.29) is 23.8 Å². The molecule has 0 aliphatic carbocycles. The van der Waals surface area contributed by atoms with Crippen LogP contribution in [0, 0.1) is 0 Å². The molecule has 1 unspecified atom stereocenters. The predicted molar refractivity (Wildman–Crippen MR) is 95.1 cm³/mol. The zero-order valence-corrected chi connectivity index (χ0v) is 15.4. The molecule has 3 heterocycles. The molecule has 2 saturated heterocycles. The Morgan fingerprint density at radius 1 is 1.32 bits per heavy atom. The van der Waals surface area contributed by atoms with Crippen molar-refractivity contribution < 1.29 is 13.2 Å². The lowest BCUT2D eigenvalue weighted by Crippen LogP contribution is -2.51. The minimum absolute atomic E-state index is 0.138. The summed E-state index contributed by atoms with van der Waals surface area (Å²) in [4.78, 5) is 24.3. The van der Waals surface area contributed by atoms with Gasteiger partial charge in [0, 0.05) is 46.0 Å². The van der Waals surface area contributed by atoms with Crippen molar-refractivity contribution in [1.82, 2.24) is 19.2 Å². The van der Waals surface area contributed by atoms with E-state index in [9.17, 15) is 13.2 Å². The quantitative estimate of drug-likeness (QED) is 0.838. The number of piperidine rings is 1. The van der Waals surface area contributed by atoms with Gasteiger partial charge in [-0.05, 0) is 25.3 Å². The van der Waals surface area contributed by atoms with E-state index in [4.69, 9.17) is 0 Å². The lowest BCUT2D eigenvalue weighted by Gasteiger charge is -2.36. The highest BCUT2D eigenvalue weighted by atomic mass is 32.2. The number of carbonyl (C=O) groups excluding carboxylic acids is 1.